The van der Waals surface area contributed by atoms with Crippen LogP contribution in [0.3, 0.4) is 0 Å². The maximum atomic E-state index is 8.71. The van der Waals surface area contributed by atoms with Crippen molar-refractivity contribution in [1.82, 2.24) is 15.1 Å². The van der Waals surface area contributed by atoms with Gasteiger partial charge < -0.3 is 9.63 Å². The van der Waals surface area contributed by atoms with Crippen molar-refractivity contribution < 1.29 is 9.63 Å². The minimum Gasteiger partial charge on any atom is -0.396 e. The van der Waals surface area contributed by atoms with E-state index in [0.29, 0.717) is 18.1 Å². The number of aromatic nitrogens is 3. The van der Waals surface area contributed by atoms with Crippen molar-refractivity contribution in [3.63, 3.8) is 0 Å². The number of aliphatic hydroxyl groups excluding tert-OH is 1. The number of pyridine rings is 1. The minimum atomic E-state index is 0.198. The highest BCUT2D eigenvalue weighted by Gasteiger charge is 2.09. The van der Waals surface area contributed by atoms with Crippen molar-refractivity contribution in [2.75, 3.05) is 6.61 Å². The normalized spacial score (nSPS) is 10.8. The third-order valence-corrected chi connectivity index (χ3v) is 2.61. The Morgan fingerprint density at radius 3 is 2.50 bits per heavy atom. The quantitative estimate of drug-likeness (QED) is 0.819. The molecule has 0 aliphatic rings. The SMILES string of the molecule is Cc1cc(-c2noc(CCCCO)n2)cc(C)n1. The molecule has 2 aromatic rings. The second-order valence-corrected chi connectivity index (χ2v) is 4.33. The average Bonchev–Trinajstić information content (AvgIpc) is 2.77. The van der Waals surface area contributed by atoms with Crippen molar-refractivity contribution in [2.24, 2.45) is 0 Å². The lowest BCUT2D eigenvalue weighted by Crippen LogP contribution is -1.91. The van der Waals surface area contributed by atoms with Gasteiger partial charge in [0.25, 0.3) is 0 Å². The lowest BCUT2D eigenvalue weighted by Gasteiger charge is -1.98. The molecular weight excluding hydrogens is 230 g/mol. The number of hydrogen-bond donors (Lipinski definition) is 1. The summed E-state index contributed by atoms with van der Waals surface area (Å²) in [6.07, 6.45) is 2.31. The fourth-order valence-corrected chi connectivity index (χ4v) is 1.83. The zero-order valence-electron chi connectivity index (χ0n) is 10.7. The van der Waals surface area contributed by atoms with Crippen molar-refractivity contribution >= 4 is 0 Å². The van der Waals surface area contributed by atoms with Crippen LogP contribution in [0, 0.1) is 13.8 Å². The van der Waals surface area contributed by atoms with Crippen molar-refractivity contribution in [2.45, 2.75) is 33.1 Å². The van der Waals surface area contributed by atoms with Gasteiger partial charge in [-0.3, -0.25) is 4.98 Å². The molecule has 0 radical (unpaired) electrons. The van der Waals surface area contributed by atoms with E-state index in [1.807, 2.05) is 26.0 Å². The molecule has 5 nitrogen and oxygen atoms in total. The van der Waals surface area contributed by atoms with E-state index >= 15 is 0 Å². The van der Waals surface area contributed by atoms with Crippen LogP contribution in [-0.4, -0.2) is 26.8 Å². The zero-order chi connectivity index (χ0) is 13.0. The fourth-order valence-electron chi connectivity index (χ4n) is 1.83. The van der Waals surface area contributed by atoms with Gasteiger partial charge in [-0.1, -0.05) is 5.16 Å². The van der Waals surface area contributed by atoms with E-state index in [4.69, 9.17) is 9.63 Å². The Hall–Kier alpha value is -1.75. The molecule has 2 heterocycles. The number of aryl methyl sites for hydroxylation is 3. The summed E-state index contributed by atoms with van der Waals surface area (Å²) in [4.78, 5) is 8.66. The molecule has 1 N–H and O–H groups in total. The molecule has 2 aromatic heterocycles. The highest BCUT2D eigenvalue weighted by molar-refractivity contribution is 5.55. The summed E-state index contributed by atoms with van der Waals surface area (Å²) in [5.41, 5.74) is 2.81. The molecule has 2 rings (SSSR count). The molecule has 0 bridgehead atoms. The van der Waals surface area contributed by atoms with Crippen LogP contribution in [-0.2, 0) is 6.42 Å². The van der Waals surface area contributed by atoms with Gasteiger partial charge in [0.05, 0.1) is 0 Å². The number of rotatable bonds is 5. The Morgan fingerprint density at radius 2 is 1.83 bits per heavy atom. The van der Waals surface area contributed by atoms with E-state index in [9.17, 15) is 0 Å². The van der Waals surface area contributed by atoms with Gasteiger partial charge in [0.1, 0.15) is 0 Å². The Kier molecular flexibility index (Phi) is 4.04. The van der Waals surface area contributed by atoms with Crippen molar-refractivity contribution in [3.8, 4) is 11.4 Å². The Morgan fingerprint density at radius 1 is 1.11 bits per heavy atom. The van der Waals surface area contributed by atoms with E-state index < -0.39 is 0 Å². The molecule has 0 saturated carbocycles. The molecule has 0 spiro atoms. The largest absolute Gasteiger partial charge is 0.396 e. The van der Waals surface area contributed by atoms with Crippen LogP contribution in [0.5, 0.6) is 0 Å². The minimum absolute atomic E-state index is 0.198. The Bertz CT molecular complexity index is 502. The smallest absolute Gasteiger partial charge is 0.226 e. The van der Waals surface area contributed by atoms with Gasteiger partial charge >= 0.3 is 0 Å². The summed E-state index contributed by atoms with van der Waals surface area (Å²) in [5, 5.41) is 12.7. The van der Waals surface area contributed by atoms with Gasteiger partial charge in [-0.25, -0.2) is 0 Å². The van der Waals surface area contributed by atoms with Crippen LogP contribution in [0.1, 0.15) is 30.1 Å². The molecule has 0 atom stereocenters. The topological polar surface area (TPSA) is 72.0 Å². The van der Waals surface area contributed by atoms with E-state index in [1.54, 1.807) is 0 Å². The van der Waals surface area contributed by atoms with Crippen LogP contribution in [0.2, 0.25) is 0 Å². The second kappa shape index (κ2) is 5.73. The molecule has 5 heteroatoms. The first kappa shape index (κ1) is 12.7. The summed E-state index contributed by atoms with van der Waals surface area (Å²) in [6.45, 7) is 4.08. The maximum absolute atomic E-state index is 8.71. The molecular formula is C13H17N3O2. The number of nitrogens with zero attached hydrogens (tertiary/aromatic N) is 3. The van der Waals surface area contributed by atoms with Gasteiger partial charge in [0.15, 0.2) is 0 Å². The predicted molar refractivity (Wildman–Crippen MR) is 67.0 cm³/mol. The standard InChI is InChI=1S/C13H17N3O2/c1-9-7-11(8-10(2)14-9)13-15-12(18-16-13)5-3-4-6-17/h7-8,17H,3-6H2,1-2H3. The third-order valence-electron chi connectivity index (χ3n) is 2.61. The van der Waals surface area contributed by atoms with Gasteiger partial charge in [-0.2, -0.15) is 4.98 Å². The van der Waals surface area contributed by atoms with Gasteiger partial charge in [-0.15, -0.1) is 0 Å². The first-order chi connectivity index (χ1) is 8.69. The first-order valence-corrected chi connectivity index (χ1v) is 6.08. The lowest BCUT2D eigenvalue weighted by atomic mass is 10.2. The number of hydrogen-bond acceptors (Lipinski definition) is 5. The van der Waals surface area contributed by atoms with Crippen molar-refractivity contribution in [3.05, 3.63) is 29.4 Å². The van der Waals surface area contributed by atoms with Crippen LogP contribution in [0.25, 0.3) is 11.4 Å². The molecule has 0 aliphatic carbocycles. The molecule has 18 heavy (non-hydrogen) atoms. The number of aliphatic hydroxyl groups is 1. The van der Waals surface area contributed by atoms with E-state index in [2.05, 4.69) is 15.1 Å². The Labute approximate surface area is 106 Å². The molecule has 96 valence electrons. The molecule has 0 amide bonds. The van der Waals surface area contributed by atoms with E-state index in [-0.39, 0.29) is 6.61 Å². The average molecular weight is 247 g/mol. The summed E-state index contributed by atoms with van der Waals surface area (Å²) >= 11 is 0. The molecule has 0 saturated heterocycles. The van der Waals surface area contributed by atoms with E-state index in [0.717, 1.165) is 29.8 Å². The predicted octanol–water partition coefficient (Wildman–Crippen LogP) is 2.06. The van der Waals surface area contributed by atoms with Crippen LogP contribution in [0.15, 0.2) is 16.7 Å². The van der Waals surface area contributed by atoms with Gasteiger partial charge in [-0.05, 0) is 38.8 Å². The Balaban J connectivity index is 2.13. The summed E-state index contributed by atoms with van der Waals surface area (Å²) in [5.74, 6) is 1.22. The zero-order valence-corrected chi connectivity index (χ0v) is 10.7. The lowest BCUT2D eigenvalue weighted by molar-refractivity contribution is 0.281. The van der Waals surface area contributed by atoms with E-state index in [1.165, 1.54) is 0 Å². The van der Waals surface area contributed by atoms with Gasteiger partial charge in [0.2, 0.25) is 11.7 Å². The van der Waals surface area contributed by atoms with Gasteiger partial charge in [0, 0.05) is 30.0 Å². The summed E-state index contributed by atoms with van der Waals surface area (Å²) in [7, 11) is 0. The molecule has 0 unspecified atom stereocenters. The summed E-state index contributed by atoms with van der Waals surface area (Å²) in [6, 6.07) is 3.88. The van der Waals surface area contributed by atoms with Crippen molar-refractivity contribution in [1.29, 1.82) is 0 Å². The highest BCUT2D eigenvalue weighted by Crippen LogP contribution is 2.18. The molecule has 0 aliphatic heterocycles. The van der Waals surface area contributed by atoms with Crippen LogP contribution >= 0.6 is 0 Å². The molecule has 0 fully saturated rings. The monoisotopic (exact) mass is 247 g/mol. The highest BCUT2D eigenvalue weighted by atomic mass is 16.5. The second-order valence-electron chi connectivity index (χ2n) is 4.33. The first-order valence-electron chi connectivity index (χ1n) is 6.08. The van der Waals surface area contributed by atoms with Crippen LogP contribution < -0.4 is 0 Å². The number of unbranched alkanes of at least 4 members (excludes halogenated alkanes) is 1. The third kappa shape index (κ3) is 3.13. The fraction of sp³-hybridized carbons (Fsp3) is 0.462. The summed E-state index contributed by atoms with van der Waals surface area (Å²) < 4.78 is 5.18. The van der Waals surface area contributed by atoms with Crippen LogP contribution in [0.4, 0.5) is 0 Å². The molecule has 0 aromatic carbocycles. The maximum Gasteiger partial charge on any atom is 0.226 e.